The minimum atomic E-state index is -0.219. The molecule has 1 heterocycles. The summed E-state index contributed by atoms with van der Waals surface area (Å²) < 4.78 is 13.8. The quantitative estimate of drug-likeness (QED) is 0.857. The number of rotatable bonds is 5. The molecule has 0 radical (unpaired) electrons. The van der Waals surface area contributed by atoms with Gasteiger partial charge in [-0.3, -0.25) is 4.98 Å². The van der Waals surface area contributed by atoms with E-state index in [2.05, 4.69) is 26.2 Å². The second kappa shape index (κ2) is 6.61. The van der Waals surface area contributed by atoms with E-state index in [1.807, 2.05) is 18.2 Å². The molecule has 1 aromatic heterocycles. The molecule has 2 aromatic rings. The highest BCUT2D eigenvalue weighted by molar-refractivity contribution is 9.10. The molecule has 0 amide bonds. The van der Waals surface area contributed by atoms with Crippen LogP contribution in [-0.4, -0.2) is 11.5 Å². The molecule has 0 spiro atoms. The van der Waals surface area contributed by atoms with Gasteiger partial charge in [-0.15, -0.1) is 0 Å². The van der Waals surface area contributed by atoms with E-state index >= 15 is 0 Å². The van der Waals surface area contributed by atoms with E-state index in [0.29, 0.717) is 11.0 Å². The first-order chi connectivity index (χ1) is 8.75. The molecule has 2 nitrogen and oxygen atoms in total. The first kappa shape index (κ1) is 13.2. The highest BCUT2D eigenvalue weighted by atomic mass is 79.9. The molecule has 2 rings (SSSR count). The van der Waals surface area contributed by atoms with Crippen molar-refractivity contribution < 1.29 is 4.39 Å². The van der Waals surface area contributed by atoms with Gasteiger partial charge in [0.1, 0.15) is 5.82 Å². The van der Waals surface area contributed by atoms with Crippen molar-refractivity contribution in [1.29, 1.82) is 0 Å². The summed E-state index contributed by atoms with van der Waals surface area (Å²) in [6.07, 6.45) is 4.53. The Morgan fingerprint density at radius 3 is 2.61 bits per heavy atom. The van der Waals surface area contributed by atoms with Crippen LogP contribution in [0.3, 0.4) is 0 Å². The van der Waals surface area contributed by atoms with Crippen LogP contribution in [0.5, 0.6) is 0 Å². The number of halogens is 2. The Morgan fingerprint density at radius 2 is 1.89 bits per heavy atom. The zero-order valence-electron chi connectivity index (χ0n) is 9.87. The first-order valence-corrected chi connectivity index (χ1v) is 6.58. The third kappa shape index (κ3) is 3.89. The Bertz CT molecular complexity index is 502. The molecule has 0 fully saturated rings. The maximum Gasteiger partial charge on any atom is 0.137 e. The summed E-state index contributed by atoms with van der Waals surface area (Å²) in [5.41, 5.74) is 2.20. The number of aromatic nitrogens is 1. The average molecular weight is 309 g/mol. The van der Waals surface area contributed by atoms with E-state index in [9.17, 15) is 4.39 Å². The van der Waals surface area contributed by atoms with Crippen LogP contribution >= 0.6 is 15.9 Å². The first-order valence-electron chi connectivity index (χ1n) is 5.79. The van der Waals surface area contributed by atoms with Crippen LogP contribution in [0.25, 0.3) is 0 Å². The molecule has 0 bridgehead atoms. The highest BCUT2D eigenvalue weighted by Crippen LogP contribution is 2.16. The fourth-order valence-corrected chi connectivity index (χ4v) is 1.91. The van der Waals surface area contributed by atoms with Crippen molar-refractivity contribution in [3.8, 4) is 0 Å². The molecule has 18 heavy (non-hydrogen) atoms. The van der Waals surface area contributed by atoms with Gasteiger partial charge in [0.15, 0.2) is 0 Å². The number of hydrogen-bond acceptors (Lipinski definition) is 2. The summed E-state index contributed by atoms with van der Waals surface area (Å²) in [4.78, 5) is 3.97. The molecule has 94 valence electrons. The highest BCUT2D eigenvalue weighted by Gasteiger charge is 2.00. The van der Waals surface area contributed by atoms with Crippen LogP contribution in [0.15, 0.2) is 47.2 Å². The molecule has 0 saturated carbocycles. The van der Waals surface area contributed by atoms with Gasteiger partial charge in [-0.1, -0.05) is 6.07 Å². The summed E-state index contributed by atoms with van der Waals surface area (Å²) in [6.45, 7) is 1.54. The Labute approximate surface area is 114 Å². The fraction of sp³-hybridized carbons (Fsp3) is 0.214. The van der Waals surface area contributed by atoms with Crippen molar-refractivity contribution in [2.75, 3.05) is 6.54 Å². The molecular weight excluding hydrogens is 295 g/mol. The fourth-order valence-electron chi connectivity index (χ4n) is 1.66. The number of nitrogens with one attached hydrogen (secondary N) is 1. The number of hydrogen-bond donors (Lipinski definition) is 1. The molecule has 1 aromatic carbocycles. The summed E-state index contributed by atoms with van der Waals surface area (Å²) in [5.74, 6) is -0.219. The molecule has 0 aliphatic carbocycles. The zero-order chi connectivity index (χ0) is 12.8. The summed E-state index contributed by atoms with van der Waals surface area (Å²) >= 11 is 3.14. The molecule has 4 heteroatoms. The monoisotopic (exact) mass is 308 g/mol. The van der Waals surface area contributed by atoms with Crippen molar-refractivity contribution in [2.45, 2.75) is 13.0 Å². The summed E-state index contributed by atoms with van der Waals surface area (Å²) in [5, 5.41) is 3.29. The number of benzene rings is 1. The minimum absolute atomic E-state index is 0.219. The molecule has 0 aliphatic heterocycles. The van der Waals surface area contributed by atoms with Gasteiger partial charge in [-0.25, -0.2) is 4.39 Å². The van der Waals surface area contributed by atoms with Crippen molar-refractivity contribution in [1.82, 2.24) is 10.3 Å². The minimum Gasteiger partial charge on any atom is -0.312 e. The summed E-state index contributed by atoms with van der Waals surface area (Å²) in [6, 6.07) is 9.19. The third-order valence-corrected chi connectivity index (χ3v) is 3.30. The maximum atomic E-state index is 13.3. The van der Waals surface area contributed by atoms with Gasteiger partial charge in [-0.05, 0) is 64.3 Å². The van der Waals surface area contributed by atoms with E-state index in [4.69, 9.17) is 0 Å². The molecule has 0 saturated heterocycles. The smallest absolute Gasteiger partial charge is 0.137 e. The average Bonchev–Trinajstić information content (AvgIpc) is 2.40. The number of nitrogens with zero attached hydrogens (tertiary/aromatic N) is 1. The van der Waals surface area contributed by atoms with Crippen LogP contribution in [0.1, 0.15) is 11.1 Å². The van der Waals surface area contributed by atoms with E-state index in [1.54, 1.807) is 24.5 Å². The third-order valence-electron chi connectivity index (χ3n) is 2.65. The van der Waals surface area contributed by atoms with Gasteiger partial charge in [0.05, 0.1) is 4.47 Å². The van der Waals surface area contributed by atoms with E-state index in [-0.39, 0.29) is 5.82 Å². The van der Waals surface area contributed by atoms with Gasteiger partial charge in [0, 0.05) is 18.9 Å². The van der Waals surface area contributed by atoms with Gasteiger partial charge < -0.3 is 5.32 Å². The molecule has 0 aliphatic rings. The van der Waals surface area contributed by atoms with Crippen LogP contribution in [0, 0.1) is 5.82 Å². The Hall–Kier alpha value is -1.26. The van der Waals surface area contributed by atoms with Crippen LogP contribution in [0.4, 0.5) is 4.39 Å². The van der Waals surface area contributed by atoms with Crippen molar-refractivity contribution in [3.05, 3.63) is 64.1 Å². The number of pyridine rings is 1. The lowest BCUT2D eigenvalue weighted by molar-refractivity contribution is 0.614. The van der Waals surface area contributed by atoms with E-state index in [1.165, 1.54) is 5.56 Å². The summed E-state index contributed by atoms with van der Waals surface area (Å²) in [7, 11) is 0. The second-order valence-corrected chi connectivity index (χ2v) is 4.89. The second-order valence-electron chi connectivity index (χ2n) is 4.03. The topological polar surface area (TPSA) is 24.9 Å². The van der Waals surface area contributed by atoms with Gasteiger partial charge in [0.25, 0.3) is 0 Å². The van der Waals surface area contributed by atoms with Gasteiger partial charge in [-0.2, -0.15) is 0 Å². The van der Waals surface area contributed by atoms with Gasteiger partial charge >= 0.3 is 0 Å². The molecule has 0 unspecified atom stereocenters. The van der Waals surface area contributed by atoms with Gasteiger partial charge in [0.2, 0.25) is 0 Å². The van der Waals surface area contributed by atoms with E-state index in [0.717, 1.165) is 18.5 Å². The van der Waals surface area contributed by atoms with Crippen LogP contribution < -0.4 is 5.32 Å². The Kier molecular flexibility index (Phi) is 4.84. The predicted octanol–water partition coefficient (Wildman–Crippen LogP) is 3.32. The maximum absolute atomic E-state index is 13.3. The molecule has 0 atom stereocenters. The van der Waals surface area contributed by atoms with Crippen molar-refractivity contribution >= 4 is 15.9 Å². The Balaban J connectivity index is 1.77. The van der Waals surface area contributed by atoms with Crippen LogP contribution in [-0.2, 0) is 13.0 Å². The van der Waals surface area contributed by atoms with E-state index < -0.39 is 0 Å². The normalized spacial score (nSPS) is 10.6. The lowest BCUT2D eigenvalue weighted by atomic mass is 10.2. The molecule has 1 N–H and O–H groups in total. The largest absolute Gasteiger partial charge is 0.312 e. The SMILES string of the molecule is Fc1cc(CNCCc2ccncc2)ccc1Br. The van der Waals surface area contributed by atoms with Crippen molar-refractivity contribution in [3.63, 3.8) is 0 Å². The van der Waals surface area contributed by atoms with Crippen molar-refractivity contribution in [2.24, 2.45) is 0 Å². The lowest BCUT2D eigenvalue weighted by Crippen LogP contribution is -2.16. The standard InChI is InChI=1S/C14H14BrFN2/c15-13-2-1-12(9-14(13)16)10-18-8-5-11-3-6-17-7-4-11/h1-4,6-7,9,18H,5,8,10H2. The molecular formula is C14H14BrFN2. The predicted molar refractivity (Wildman–Crippen MR) is 73.7 cm³/mol. The zero-order valence-corrected chi connectivity index (χ0v) is 11.5. The van der Waals surface area contributed by atoms with Crippen LogP contribution in [0.2, 0.25) is 0 Å². The lowest BCUT2D eigenvalue weighted by Gasteiger charge is -2.05. The Morgan fingerprint density at radius 1 is 1.11 bits per heavy atom.